The second-order valence-electron chi connectivity index (χ2n) is 6.33. The molecule has 0 aromatic rings. The van der Waals surface area contributed by atoms with Gasteiger partial charge in [0.15, 0.2) is 0 Å². The third-order valence-electron chi connectivity index (χ3n) is 4.28. The van der Waals surface area contributed by atoms with E-state index in [1.54, 1.807) is 0 Å². The highest BCUT2D eigenvalue weighted by atomic mass is 16.4. The van der Waals surface area contributed by atoms with Crippen molar-refractivity contribution in [1.29, 1.82) is 0 Å². The second-order valence-corrected chi connectivity index (χ2v) is 6.33. The monoisotopic (exact) mass is 316 g/mol. The maximum absolute atomic E-state index is 10.7. The SMILES string of the molecule is O=C(O)C(CO)CCCCCCCCCCCCCCCO. The van der Waals surface area contributed by atoms with E-state index in [2.05, 4.69) is 0 Å². The van der Waals surface area contributed by atoms with E-state index < -0.39 is 11.9 Å². The smallest absolute Gasteiger partial charge is 0.308 e. The van der Waals surface area contributed by atoms with Gasteiger partial charge >= 0.3 is 5.97 Å². The first-order chi connectivity index (χ1) is 10.7. The summed E-state index contributed by atoms with van der Waals surface area (Å²) in [6, 6.07) is 0. The highest BCUT2D eigenvalue weighted by Gasteiger charge is 2.14. The minimum atomic E-state index is -0.876. The van der Waals surface area contributed by atoms with Gasteiger partial charge in [-0.2, -0.15) is 0 Å². The van der Waals surface area contributed by atoms with E-state index in [-0.39, 0.29) is 6.61 Å². The van der Waals surface area contributed by atoms with E-state index in [4.69, 9.17) is 15.3 Å². The van der Waals surface area contributed by atoms with Gasteiger partial charge in [0.2, 0.25) is 0 Å². The van der Waals surface area contributed by atoms with Crippen LogP contribution in [0.25, 0.3) is 0 Å². The van der Waals surface area contributed by atoms with Crippen molar-refractivity contribution >= 4 is 5.97 Å². The van der Waals surface area contributed by atoms with Crippen LogP contribution in [-0.2, 0) is 4.79 Å². The van der Waals surface area contributed by atoms with Crippen LogP contribution in [0.5, 0.6) is 0 Å². The lowest BCUT2D eigenvalue weighted by Crippen LogP contribution is -2.17. The quantitative estimate of drug-likeness (QED) is 0.353. The Bertz CT molecular complexity index is 243. The van der Waals surface area contributed by atoms with Crippen molar-refractivity contribution in [3.63, 3.8) is 0 Å². The van der Waals surface area contributed by atoms with E-state index in [0.717, 1.165) is 25.7 Å². The molecule has 0 aromatic heterocycles. The minimum Gasteiger partial charge on any atom is -0.481 e. The number of hydrogen-bond donors (Lipinski definition) is 3. The zero-order valence-corrected chi connectivity index (χ0v) is 14.1. The molecule has 1 atom stereocenters. The largest absolute Gasteiger partial charge is 0.481 e. The van der Waals surface area contributed by atoms with Crippen LogP contribution in [0.15, 0.2) is 0 Å². The number of carboxylic acids is 1. The summed E-state index contributed by atoms with van der Waals surface area (Å²) in [5.41, 5.74) is 0. The normalized spacial score (nSPS) is 12.5. The molecular weight excluding hydrogens is 280 g/mol. The number of unbranched alkanes of at least 4 members (excludes halogenated alkanes) is 12. The maximum atomic E-state index is 10.7. The molecule has 0 bridgehead atoms. The predicted octanol–water partition coefficient (Wildman–Crippen LogP) is 4.13. The standard InChI is InChI=1S/C18H36O4/c19-15-13-11-9-7-5-3-1-2-4-6-8-10-12-14-17(16-20)18(21)22/h17,19-20H,1-16H2,(H,21,22). The fourth-order valence-electron chi connectivity index (χ4n) is 2.74. The molecule has 3 N–H and O–H groups in total. The summed E-state index contributed by atoms with van der Waals surface area (Å²) in [6.07, 6.45) is 16.2. The van der Waals surface area contributed by atoms with Gasteiger partial charge in [0.25, 0.3) is 0 Å². The Hall–Kier alpha value is -0.610. The van der Waals surface area contributed by atoms with Crippen LogP contribution in [-0.4, -0.2) is 34.5 Å². The molecule has 0 aliphatic heterocycles. The van der Waals surface area contributed by atoms with Crippen LogP contribution in [0.4, 0.5) is 0 Å². The topological polar surface area (TPSA) is 77.8 Å². The van der Waals surface area contributed by atoms with E-state index in [1.807, 2.05) is 0 Å². The van der Waals surface area contributed by atoms with Crippen LogP contribution in [0.2, 0.25) is 0 Å². The van der Waals surface area contributed by atoms with E-state index in [9.17, 15) is 4.79 Å². The Morgan fingerprint density at radius 3 is 1.32 bits per heavy atom. The van der Waals surface area contributed by atoms with Gasteiger partial charge < -0.3 is 15.3 Å². The van der Waals surface area contributed by atoms with Gasteiger partial charge in [-0.3, -0.25) is 4.79 Å². The second kappa shape index (κ2) is 16.8. The Kier molecular flexibility index (Phi) is 16.3. The summed E-state index contributed by atoms with van der Waals surface area (Å²) in [5, 5.41) is 26.4. The summed E-state index contributed by atoms with van der Waals surface area (Å²) in [4.78, 5) is 10.7. The molecule has 4 heteroatoms. The van der Waals surface area contributed by atoms with Crippen molar-refractivity contribution in [2.45, 2.75) is 89.9 Å². The van der Waals surface area contributed by atoms with Crippen molar-refractivity contribution in [3.05, 3.63) is 0 Å². The lowest BCUT2D eigenvalue weighted by Gasteiger charge is -2.08. The Labute approximate surface area is 135 Å². The van der Waals surface area contributed by atoms with Crippen molar-refractivity contribution < 1.29 is 20.1 Å². The number of carbonyl (C=O) groups is 1. The number of hydrogen-bond acceptors (Lipinski definition) is 3. The number of aliphatic hydroxyl groups excluding tert-OH is 2. The summed E-state index contributed by atoms with van der Waals surface area (Å²) < 4.78 is 0. The molecule has 0 heterocycles. The Morgan fingerprint density at radius 1 is 0.636 bits per heavy atom. The highest BCUT2D eigenvalue weighted by Crippen LogP contribution is 2.14. The summed E-state index contributed by atoms with van der Waals surface area (Å²) in [5.74, 6) is -1.45. The van der Waals surface area contributed by atoms with E-state index in [0.29, 0.717) is 13.0 Å². The van der Waals surface area contributed by atoms with E-state index in [1.165, 1.54) is 57.8 Å². The molecule has 0 amide bonds. The van der Waals surface area contributed by atoms with Gasteiger partial charge in [-0.15, -0.1) is 0 Å². The molecule has 0 radical (unpaired) electrons. The number of aliphatic carboxylic acids is 1. The Balaban J connectivity index is 3.13. The summed E-state index contributed by atoms with van der Waals surface area (Å²) in [6.45, 7) is 0.0896. The first-order valence-electron chi connectivity index (χ1n) is 9.17. The lowest BCUT2D eigenvalue weighted by molar-refractivity contribution is -0.143. The zero-order chi connectivity index (χ0) is 16.5. The third kappa shape index (κ3) is 14.3. The zero-order valence-electron chi connectivity index (χ0n) is 14.1. The molecule has 132 valence electrons. The molecule has 1 unspecified atom stereocenters. The fourth-order valence-corrected chi connectivity index (χ4v) is 2.74. The van der Waals surface area contributed by atoms with Gasteiger partial charge in [0, 0.05) is 6.61 Å². The predicted molar refractivity (Wildman–Crippen MR) is 89.9 cm³/mol. The number of rotatable bonds is 17. The van der Waals surface area contributed by atoms with Crippen LogP contribution in [0.3, 0.4) is 0 Å². The molecule has 0 aliphatic carbocycles. The van der Waals surface area contributed by atoms with Gasteiger partial charge in [-0.25, -0.2) is 0 Å². The molecule has 0 fully saturated rings. The molecule has 22 heavy (non-hydrogen) atoms. The number of aliphatic hydroxyl groups is 2. The lowest BCUT2D eigenvalue weighted by atomic mass is 10.0. The first-order valence-corrected chi connectivity index (χ1v) is 9.17. The maximum Gasteiger partial charge on any atom is 0.308 e. The summed E-state index contributed by atoms with van der Waals surface area (Å²) >= 11 is 0. The Morgan fingerprint density at radius 2 is 1.00 bits per heavy atom. The van der Waals surface area contributed by atoms with Crippen molar-refractivity contribution in [2.75, 3.05) is 13.2 Å². The molecule has 0 spiro atoms. The molecule has 0 aromatic carbocycles. The van der Waals surface area contributed by atoms with Crippen LogP contribution in [0, 0.1) is 5.92 Å². The number of carboxylic acid groups (broad SMARTS) is 1. The first kappa shape index (κ1) is 21.4. The highest BCUT2D eigenvalue weighted by molar-refractivity contribution is 5.69. The fraction of sp³-hybridized carbons (Fsp3) is 0.944. The summed E-state index contributed by atoms with van der Waals surface area (Å²) in [7, 11) is 0. The molecule has 0 saturated carbocycles. The van der Waals surface area contributed by atoms with Gasteiger partial charge in [-0.1, -0.05) is 77.0 Å². The minimum absolute atomic E-state index is 0.241. The third-order valence-corrected chi connectivity index (χ3v) is 4.28. The van der Waals surface area contributed by atoms with Crippen LogP contribution >= 0.6 is 0 Å². The van der Waals surface area contributed by atoms with Crippen LogP contribution in [0.1, 0.15) is 89.9 Å². The van der Waals surface area contributed by atoms with Crippen LogP contribution < -0.4 is 0 Å². The van der Waals surface area contributed by atoms with Crippen molar-refractivity contribution in [2.24, 2.45) is 5.92 Å². The van der Waals surface area contributed by atoms with Crippen molar-refractivity contribution in [3.8, 4) is 0 Å². The van der Waals surface area contributed by atoms with Gasteiger partial charge in [0.05, 0.1) is 12.5 Å². The molecular formula is C18H36O4. The molecule has 0 saturated heterocycles. The molecule has 0 aliphatic rings. The average Bonchev–Trinajstić information content (AvgIpc) is 2.51. The molecule has 4 nitrogen and oxygen atoms in total. The molecule has 0 rings (SSSR count). The van der Waals surface area contributed by atoms with Crippen molar-refractivity contribution in [1.82, 2.24) is 0 Å². The van der Waals surface area contributed by atoms with Gasteiger partial charge in [0.1, 0.15) is 0 Å². The van der Waals surface area contributed by atoms with E-state index >= 15 is 0 Å². The average molecular weight is 316 g/mol. The van der Waals surface area contributed by atoms with Gasteiger partial charge in [-0.05, 0) is 12.8 Å².